The maximum Gasteiger partial charge on any atom is 0.309 e. The van der Waals surface area contributed by atoms with E-state index in [1.165, 1.54) is 12.1 Å². The molecule has 1 aliphatic rings. The van der Waals surface area contributed by atoms with Gasteiger partial charge in [-0.3, -0.25) is 19.7 Å². The van der Waals surface area contributed by atoms with Crippen molar-refractivity contribution >= 4 is 29.2 Å². The smallest absolute Gasteiger partial charge is 0.309 e. The van der Waals surface area contributed by atoms with Crippen LogP contribution in [0.1, 0.15) is 28.8 Å². The van der Waals surface area contributed by atoms with Gasteiger partial charge in [-0.05, 0) is 54.8 Å². The van der Waals surface area contributed by atoms with Gasteiger partial charge in [0.25, 0.3) is 11.6 Å². The highest BCUT2D eigenvalue weighted by molar-refractivity contribution is 6.30. The lowest BCUT2D eigenvalue weighted by molar-refractivity contribution is -0.384. The van der Waals surface area contributed by atoms with Crippen LogP contribution >= 0.6 is 11.6 Å². The van der Waals surface area contributed by atoms with Gasteiger partial charge in [0, 0.05) is 35.8 Å². The number of halogens is 1. The van der Waals surface area contributed by atoms with E-state index in [0.717, 1.165) is 0 Å². The maximum absolute atomic E-state index is 12.5. The number of amides is 1. The molecule has 0 N–H and O–H groups in total. The molecule has 1 fully saturated rings. The first-order valence-electron chi connectivity index (χ1n) is 8.89. The van der Waals surface area contributed by atoms with Crippen LogP contribution < -0.4 is 0 Å². The van der Waals surface area contributed by atoms with E-state index in [1.807, 2.05) is 0 Å². The quantitative estimate of drug-likeness (QED) is 0.430. The molecule has 0 radical (unpaired) electrons. The average Bonchev–Trinajstić information content (AvgIpc) is 2.72. The van der Waals surface area contributed by atoms with Crippen LogP contribution in [0.15, 0.2) is 48.5 Å². The summed E-state index contributed by atoms with van der Waals surface area (Å²) in [7, 11) is 0. The molecule has 0 saturated carbocycles. The van der Waals surface area contributed by atoms with Gasteiger partial charge in [-0.2, -0.15) is 0 Å². The molecule has 146 valence electrons. The Kier molecular flexibility index (Phi) is 6.26. The van der Waals surface area contributed by atoms with Gasteiger partial charge < -0.3 is 9.64 Å². The fraction of sp³-hybridized carbons (Fsp3) is 0.300. The minimum atomic E-state index is -0.477. The van der Waals surface area contributed by atoms with E-state index in [0.29, 0.717) is 42.1 Å². The molecule has 28 heavy (non-hydrogen) atoms. The highest BCUT2D eigenvalue weighted by Gasteiger charge is 2.28. The van der Waals surface area contributed by atoms with Crippen LogP contribution in [-0.4, -0.2) is 34.8 Å². The van der Waals surface area contributed by atoms with Crippen molar-refractivity contribution in [2.45, 2.75) is 19.4 Å². The zero-order chi connectivity index (χ0) is 20.1. The van der Waals surface area contributed by atoms with Crippen molar-refractivity contribution in [1.29, 1.82) is 0 Å². The number of nitrogens with zero attached hydrogens (tertiary/aromatic N) is 2. The Bertz CT molecular complexity index is 859. The van der Waals surface area contributed by atoms with Gasteiger partial charge in [0.2, 0.25) is 0 Å². The second-order valence-corrected chi connectivity index (χ2v) is 7.04. The molecule has 0 aromatic heterocycles. The fourth-order valence-corrected chi connectivity index (χ4v) is 3.21. The van der Waals surface area contributed by atoms with Crippen LogP contribution in [-0.2, 0) is 16.1 Å². The van der Waals surface area contributed by atoms with Crippen LogP contribution in [0.5, 0.6) is 0 Å². The highest BCUT2D eigenvalue weighted by Crippen LogP contribution is 2.22. The van der Waals surface area contributed by atoms with Crippen LogP contribution in [0, 0.1) is 16.0 Å². The number of hydrogen-bond donors (Lipinski definition) is 0. The third-order valence-corrected chi connectivity index (χ3v) is 4.99. The summed E-state index contributed by atoms with van der Waals surface area (Å²) in [5.74, 6) is -0.640. The Hall–Kier alpha value is -2.93. The minimum absolute atomic E-state index is 0.00666. The molecule has 0 atom stereocenters. The second-order valence-electron chi connectivity index (χ2n) is 6.60. The summed E-state index contributed by atoms with van der Waals surface area (Å²) in [5, 5.41) is 11.2. The van der Waals surface area contributed by atoms with E-state index in [1.54, 1.807) is 41.3 Å². The van der Waals surface area contributed by atoms with Crippen molar-refractivity contribution < 1.29 is 19.2 Å². The number of rotatable bonds is 5. The number of hydrogen-bond acceptors (Lipinski definition) is 5. The van der Waals surface area contributed by atoms with Gasteiger partial charge in [-0.1, -0.05) is 11.6 Å². The first kappa shape index (κ1) is 19.8. The number of likely N-dealkylation sites (tertiary alicyclic amines) is 1. The van der Waals surface area contributed by atoms with Gasteiger partial charge in [-0.15, -0.1) is 0 Å². The number of piperidine rings is 1. The van der Waals surface area contributed by atoms with Crippen molar-refractivity contribution in [1.82, 2.24) is 4.90 Å². The summed E-state index contributed by atoms with van der Waals surface area (Å²) in [5.41, 5.74) is 1.26. The molecule has 0 aliphatic carbocycles. The van der Waals surface area contributed by atoms with Crippen LogP contribution in [0.3, 0.4) is 0 Å². The number of ether oxygens (including phenoxy) is 1. The van der Waals surface area contributed by atoms with Gasteiger partial charge >= 0.3 is 5.97 Å². The summed E-state index contributed by atoms with van der Waals surface area (Å²) >= 11 is 5.85. The number of esters is 1. The van der Waals surface area contributed by atoms with Crippen molar-refractivity contribution in [2.24, 2.45) is 5.92 Å². The monoisotopic (exact) mass is 402 g/mol. The minimum Gasteiger partial charge on any atom is -0.461 e. The summed E-state index contributed by atoms with van der Waals surface area (Å²) in [4.78, 5) is 36.7. The molecule has 3 rings (SSSR count). The molecular formula is C20H19ClN2O5. The molecule has 8 heteroatoms. The Morgan fingerprint density at radius 2 is 1.68 bits per heavy atom. The first-order chi connectivity index (χ1) is 13.4. The third kappa shape index (κ3) is 4.86. The SMILES string of the molecule is O=C(OCc1ccc([N+](=O)[O-])cc1)C1CCN(C(=O)c2ccc(Cl)cc2)CC1. The Morgan fingerprint density at radius 1 is 1.07 bits per heavy atom. The van der Waals surface area contributed by atoms with Crippen molar-refractivity contribution in [3.8, 4) is 0 Å². The number of carbonyl (C=O) groups excluding carboxylic acids is 2. The van der Waals surface area contributed by atoms with E-state index in [-0.39, 0.29) is 30.1 Å². The molecule has 1 heterocycles. The molecule has 0 spiro atoms. The van der Waals surface area contributed by atoms with E-state index < -0.39 is 4.92 Å². The summed E-state index contributed by atoms with van der Waals surface area (Å²) in [6, 6.07) is 12.6. The normalized spacial score (nSPS) is 14.5. The highest BCUT2D eigenvalue weighted by atomic mass is 35.5. The molecule has 1 saturated heterocycles. The number of benzene rings is 2. The molecule has 0 bridgehead atoms. The van der Waals surface area contributed by atoms with E-state index in [9.17, 15) is 19.7 Å². The lowest BCUT2D eigenvalue weighted by Gasteiger charge is -2.31. The fourth-order valence-electron chi connectivity index (χ4n) is 3.08. The van der Waals surface area contributed by atoms with Gasteiger partial charge in [-0.25, -0.2) is 0 Å². The van der Waals surface area contributed by atoms with Crippen LogP contribution in [0.4, 0.5) is 5.69 Å². The van der Waals surface area contributed by atoms with Gasteiger partial charge in [0.1, 0.15) is 6.61 Å². The molecule has 1 amide bonds. The largest absolute Gasteiger partial charge is 0.461 e. The van der Waals surface area contributed by atoms with E-state index >= 15 is 0 Å². The first-order valence-corrected chi connectivity index (χ1v) is 9.26. The van der Waals surface area contributed by atoms with Crippen LogP contribution in [0.2, 0.25) is 5.02 Å². The molecule has 2 aromatic carbocycles. The lowest BCUT2D eigenvalue weighted by atomic mass is 9.96. The van der Waals surface area contributed by atoms with E-state index in [2.05, 4.69) is 0 Å². The summed E-state index contributed by atoms with van der Waals surface area (Å²) in [6.07, 6.45) is 1.08. The molecule has 2 aromatic rings. The zero-order valence-corrected chi connectivity index (χ0v) is 15.8. The summed E-state index contributed by atoms with van der Waals surface area (Å²) in [6.45, 7) is 1.04. The number of nitro benzene ring substituents is 1. The number of nitro groups is 1. The Morgan fingerprint density at radius 3 is 2.25 bits per heavy atom. The molecule has 0 unspecified atom stereocenters. The van der Waals surface area contributed by atoms with Crippen molar-refractivity contribution in [3.63, 3.8) is 0 Å². The van der Waals surface area contributed by atoms with E-state index in [4.69, 9.17) is 16.3 Å². The standard InChI is InChI=1S/C20H19ClN2O5/c21-17-5-3-15(4-6-17)19(24)22-11-9-16(10-12-22)20(25)28-13-14-1-7-18(8-2-14)23(26)27/h1-8,16H,9-13H2. The Balaban J connectivity index is 1.47. The van der Waals surface area contributed by atoms with Crippen LogP contribution in [0.25, 0.3) is 0 Å². The zero-order valence-electron chi connectivity index (χ0n) is 15.0. The summed E-state index contributed by atoms with van der Waals surface area (Å²) < 4.78 is 5.33. The number of carbonyl (C=O) groups is 2. The van der Waals surface area contributed by atoms with Crippen molar-refractivity contribution in [2.75, 3.05) is 13.1 Å². The predicted octanol–water partition coefficient (Wildman–Crippen LogP) is 3.84. The molecular weight excluding hydrogens is 384 g/mol. The maximum atomic E-state index is 12.5. The topological polar surface area (TPSA) is 89.8 Å². The number of non-ortho nitro benzene ring substituents is 1. The second kappa shape index (κ2) is 8.84. The third-order valence-electron chi connectivity index (χ3n) is 4.73. The lowest BCUT2D eigenvalue weighted by Crippen LogP contribution is -2.40. The average molecular weight is 403 g/mol. The molecule has 7 nitrogen and oxygen atoms in total. The Labute approximate surface area is 167 Å². The van der Waals surface area contributed by atoms with Gasteiger partial charge in [0.05, 0.1) is 10.8 Å². The molecule has 1 aliphatic heterocycles. The predicted molar refractivity (Wildman–Crippen MR) is 103 cm³/mol. The van der Waals surface area contributed by atoms with Gasteiger partial charge in [0.15, 0.2) is 0 Å². The van der Waals surface area contributed by atoms with Crippen molar-refractivity contribution in [3.05, 3.63) is 74.8 Å².